The van der Waals surface area contributed by atoms with Gasteiger partial charge in [0.05, 0.1) is 0 Å². The molecule has 0 saturated carbocycles. The van der Waals surface area contributed by atoms with Crippen LogP contribution in [0.1, 0.15) is 0 Å². The van der Waals surface area contributed by atoms with E-state index >= 15 is 0 Å². The van der Waals surface area contributed by atoms with Gasteiger partial charge in [0, 0.05) is 32.2 Å². The van der Waals surface area contributed by atoms with Gasteiger partial charge in [0.15, 0.2) is 0 Å². The number of nitrogens with zero attached hydrogens (tertiary/aromatic N) is 1. The van der Waals surface area contributed by atoms with Crippen LogP contribution in [0.4, 0.5) is 5.69 Å². The molecule has 1 N–H and O–H groups in total. The van der Waals surface area contributed by atoms with Crippen molar-refractivity contribution in [1.29, 1.82) is 0 Å². The Labute approximate surface area is 109 Å². The summed E-state index contributed by atoms with van der Waals surface area (Å²) in [5.74, 6) is 0. The van der Waals surface area contributed by atoms with Crippen molar-refractivity contribution in [2.24, 2.45) is 0 Å². The molecule has 1 aliphatic heterocycles. The molecule has 0 amide bonds. The molecule has 1 aliphatic carbocycles. The topological polar surface area (TPSA) is 15.3 Å². The first-order valence-corrected chi connectivity index (χ1v) is 5.14. The molecule has 2 nitrogen and oxygen atoms in total. The van der Waals surface area contributed by atoms with Crippen LogP contribution in [0.2, 0.25) is 0 Å². The summed E-state index contributed by atoms with van der Waals surface area (Å²) in [6.07, 6.45) is 8.57. The van der Waals surface area contributed by atoms with Gasteiger partial charge in [-0.1, -0.05) is 24.3 Å². The maximum absolute atomic E-state index is 3.35. The molecule has 0 spiro atoms. The molecule has 3 heteroatoms. The molecule has 3 rings (SSSR count). The van der Waals surface area contributed by atoms with Crippen molar-refractivity contribution in [3.8, 4) is 0 Å². The van der Waals surface area contributed by atoms with Crippen LogP contribution in [0, 0.1) is 12.7 Å². The number of hydrogen-bond donors (Lipinski definition) is 1. The Morgan fingerprint density at radius 1 is 1.25 bits per heavy atom. The van der Waals surface area contributed by atoms with E-state index in [0.29, 0.717) is 12.1 Å². The standard InChI is InChI=1S/C13H12N2.Ir/c1-2-6-11(7-3-1)15-10-14-12-8-4-5-9-13(12)15;/h1-6,8-10,12-14H;/q-2;. The van der Waals surface area contributed by atoms with Crippen LogP contribution in [0.25, 0.3) is 0 Å². The Hall–Kier alpha value is -0.891. The Balaban J connectivity index is 0.000000963. The minimum Gasteiger partial charge on any atom is -0.522 e. The largest absolute Gasteiger partial charge is 0.522 e. The van der Waals surface area contributed by atoms with Crippen molar-refractivity contribution >= 4 is 5.69 Å². The maximum Gasteiger partial charge on any atom is 0.0357 e. The van der Waals surface area contributed by atoms with Crippen LogP contribution >= 0.6 is 0 Å². The molecule has 2 aliphatic rings. The first-order valence-electron chi connectivity index (χ1n) is 5.14. The SMILES string of the molecule is [Ir].[c-]1ccccc1N1[CH-]NC2C=CC=CC21. The molecule has 0 bridgehead atoms. The van der Waals surface area contributed by atoms with Gasteiger partial charge in [-0.15, -0.1) is 5.69 Å². The number of fused-ring (bicyclic) bond motifs is 1. The van der Waals surface area contributed by atoms with Crippen LogP contribution in [-0.2, 0) is 20.1 Å². The quantitative estimate of drug-likeness (QED) is 0.739. The Kier molecular flexibility index (Phi) is 3.59. The van der Waals surface area contributed by atoms with Crippen LogP contribution in [0.5, 0.6) is 0 Å². The number of anilines is 1. The summed E-state index contributed by atoms with van der Waals surface area (Å²) in [4.78, 5) is 2.21. The third-order valence-electron chi connectivity index (χ3n) is 2.80. The molecular weight excluding hydrogens is 376 g/mol. The molecule has 1 aromatic rings. The summed E-state index contributed by atoms with van der Waals surface area (Å²) in [7, 11) is 0. The Morgan fingerprint density at radius 2 is 2.12 bits per heavy atom. The second-order valence-corrected chi connectivity index (χ2v) is 3.74. The zero-order valence-corrected chi connectivity index (χ0v) is 11.0. The van der Waals surface area contributed by atoms with E-state index in [1.54, 1.807) is 0 Å². The number of benzene rings is 1. The summed E-state index contributed by atoms with van der Waals surface area (Å²) in [5, 5.41) is 3.35. The van der Waals surface area contributed by atoms with E-state index in [2.05, 4.69) is 46.7 Å². The van der Waals surface area contributed by atoms with Crippen molar-refractivity contribution in [3.05, 3.63) is 61.3 Å². The molecule has 85 valence electrons. The number of rotatable bonds is 1. The summed E-state index contributed by atoms with van der Waals surface area (Å²) >= 11 is 0. The van der Waals surface area contributed by atoms with E-state index < -0.39 is 0 Å². The zero-order chi connectivity index (χ0) is 10.1. The van der Waals surface area contributed by atoms with E-state index in [0.717, 1.165) is 5.69 Å². The van der Waals surface area contributed by atoms with Gasteiger partial charge in [-0.25, -0.2) is 0 Å². The van der Waals surface area contributed by atoms with Crippen LogP contribution in [0.15, 0.2) is 48.6 Å². The third-order valence-corrected chi connectivity index (χ3v) is 2.80. The fourth-order valence-corrected chi connectivity index (χ4v) is 2.04. The van der Waals surface area contributed by atoms with Gasteiger partial charge in [0.1, 0.15) is 0 Å². The Morgan fingerprint density at radius 3 is 2.94 bits per heavy atom. The maximum atomic E-state index is 3.35. The van der Waals surface area contributed by atoms with E-state index in [1.807, 2.05) is 24.9 Å². The van der Waals surface area contributed by atoms with Gasteiger partial charge in [-0.05, 0) is 0 Å². The van der Waals surface area contributed by atoms with Crippen molar-refractivity contribution in [2.75, 3.05) is 4.90 Å². The summed E-state index contributed by atoms with van der Waals surface area (Å²) < 4.78 is 0. The summed E-state index contributed by atoms with van der Waals surface area (Å²) in [6.45, 7) is 2.03. The molecule has 1 aromatic carbocycles. The van der Waals surface area contributed by atoms with Crippen molar-refractivity contribution in [2.45, 2.75) is 12.1 Å². The monoisotopic (exact) mass is 389 g/mol. The minimum atomic E-state index is 0. The number of nitrogens with one attached hydrogen (secondary N) is 1. The van der Waals surface area contributed by atoms with Crippen LogP contribution in [0.3, 0.4) is 0 Å². The van der Waals surface area contributed by atoms with Crippen molar-refractivity contribution in [3.63, 3.8) is 0 Å². The first-order chi connectivity index (χ1) is 7.45. The predicted molar refractivity (Wildman–Crippen MR) is 61.0 cm³/mol. The molecule has 1 fully saturated rings. The first kappa shape index (κ1) is 11.6. The Bertz CT molecular complexity index is 400. The van der Waals surface area contributed by atoms with Gasteiger partial charge in [-0.2, -0.15) is 37.0 Å². The van der Waals surface area contributed by atoms with E-state index in [4.69, 9.17) is 0 Å². The van der Waals surface area contributed by atoms with Crippen LogP contribution < -0.4 is 10.2 Å². The fraction of sp³-hybridized carbons (Fsp3) is 0.154. The van der Waals surface area contributed by atoms with Crippen molar-refractivity contribution in [1.82, 2.24) is 5.32 Å². The average Bonchev–Trinajstić information content (AvgIpc) is 2.74. The minimum absolute atomic E-state index is 0. The molecule has 16 heavy (non-hydrogen) atoms. The molecule has 1 saturated heterocycles. The molecule has 1 heterocycles. The third kappa shape index (κ3) is 1.99. The van der Waals surface area contributed by atoms with Gasteiger partial charge in [-0.3, -0.25) is 0 Å². The van der Waals surface area contributed by atoms with Crippen molar-refractivity contribution < 1.29 is 20.1 Å². The fourth-order valence-electron chi connectivity index (χ4n) is 2.04. The molecular formula is C13H12IrN2-2. The average molecular weight is 388 g/mol. The van der Waals surface area contributed by atoms with Gasteiger partial charge < -0.3 is 10.2 Å². The van der Waals surface area contributed by atoms with E-state index in [1.165, 1.54) is 0 Å². The predicted octanol–water partition coefficient (Wildman–Crippen LogP) is 1.88. The summed E-state index contributed by atoms with van der Waals surface area (Å²) in [6, 6.07) is 12.1. The molecule has 2 atom stereocenters. The molecule has 2 unspecified atom stereocenters. The number of hydrogen-bond acceptors (Lipinski definition) is 2. The van der Waals surface area contributed by atoms with Crippen LogP contribution in [-0.4, -0.2) is 12.1 Å². The van der Waals surface area contributed by atoms with Gasteiger partial charge in [0.2, 0.25) is 0 Å². The second kappa shape index (κ2) is 4.96. The zero-order valence-electron chi connectivity index (χ0n) is 8.63. The smallest absolute Gasteiger partial charge is 0.0357 e. The number of allylic oxidation sites excluding steroid dienone is 2. The normalized spacial score (nSPS) is 26.4. The number of para-hydroxylation sites is 1. The molecule has 0 aromatic heterocycles. The van der Waals surface area contributed by atoms with Gasteiger partial charge in [0.25, 0.3) is 0 Å². The van der Waals surface area contributed by atoms with E-state index in [-0.39, 0.29) is 20.1 Å². The van der Waals surface area contributed by atoms with E-state index in [9.17, 15) is 0 Å². The molecule has 1 radical (unpaired) electrons. The van der Waals surface area contributed by atoms with Gasteiger partial charge >= 0.3 is 0 Å². The summed E-state index contributed by atoms with van der Waals surface area (Å²) in [5.41, 5.74) is 1.11. The second-order valence-electron chi connectivity index (χ2n) is 3.74.